The standard InChI is InChI=1S/C44H35NO3/c1-46-34-21-17-32(18-22-34)44(31-15-19-33(20-16-31)45-25-27-47-28-26-45)24-23-39-42-38-14-8-7-12-36(38)35-11-5-6-13-37(35)41(42)29-40(43(39)48-44)30-9-3-2-4-10-30/h2-24,29H,25-28H2,1H3. The lowest BCUT2D eigenvalue weighted by Gasteiger charge is -2.38. The van der Waals surface area contributed by atoms with Gasteiger partial charge < -0.3 is 19.1 Å². The van der Waals surface area contributed by atoms with E-state index < -0.39 is 5.60 Å². The summed E-state index contributed by atoms with van der Waals surface area (Å²) in [4.78, 5) is 2.38. The number of nitrogens with zero attached hydrogens (tertiary/aromatic N) is 1. The molecule has 7 aromatic rings. The van der Waals surface area contributed by atoms with E-state index in [1.807, 2.05) is 12.1 Å². The smallest absolute Gasteiger partial charge is 0.178 e. The zero-order valence-corrected chi connectivity index (χ0v) is 26.9. The summed E-state index contributed by atoms with van der Waals surface area (Å²) in [5, 5.41) is 7.40. The third kappa shape index (κ3) is 4.56. The second kappa shape index (κ2) is 11.6. The van der Waals surface area contributed by atoms with Crippen LogP contribution in [0.15, 0.2) is 140 Å². The quantitative estimate of drug-likeness (QED) is 0.178. The third-order valence-corrected chi connectivity index (χ3v) is 10.0. The fraction of sp³-hybridized carbons (Fsp3) is 0.136. The molecule has 9 rings (SSSR count). The first-order valence-corrected chi connectivity index (χ1v) is 16.7. The molecule has 0 spiro atoms. The Bertz CT molecular complexity index is 2320. The largest absolute Gasteiger partial charge is 0.497 e. The van der Waals surface area contributed by atoms with Crippen LogP contribution in [0.1, 0.15) is 16.7 Å². The number of hydrogen-bond donors (Lipinski definition) is 0. The van der Waals surface area contributed by atoms with Crippen molar-refractivity contribution in [2.45, 2.75) is 5.60 Å². The number of benzene rings is 7. The first-order chi connectivity index (χ1) is 23.7. The van der Waals surface area contributed by atoms with E-state index in [9.17, 15) is 0 Å². The molecule has 0 amide bonds. The molecule has 7 aromatic carbocycles. The minimum Gasteiger partial charge on any atom is -0.497 e. The Hall–Kier alpha value is -5.58. The molecule has 48 heavy (non-hydrogen) atoms. The number of fused-ring (bicyclic) bond motifs is 8. The van der Waals surface area contributed by atoms with Crippen molar-refractivity contribution >= 4 is 44.1 Å². The summed E-state index contributed by atoms with van der Waals surface area (Å²) in [5.74, 6) is 1.69. The van der Waals surface area contributed by atoms with Gasteiger partial charge in [-0.3, -0.25) is 0 Å². The van der Waals surface area contributed by atoms with Gasteiger partial charge in [0.25, 0.3) is 0 Å². The van der Waals surface area contributed by atoms with Crippen LogP contribution < -0.4 is 14.4 Å². The average molecular weight is 626 g/mol. The van der Waals surface area contributed by atoms with Crippen molar-refractivity contribution in [3.8, 4) is 22.6 Å². The lowest BCUT2D eigenvalue weighted by molar-refractivity contribution is 0.122. The first kappa shape index (κ1) is 28.6. The molecule has 0 N–H and O–H groups in total. The van der Waals surface area contributed by atoms with Gasteiger partial charge in [0.05, 0.1) is 20.3 Å². The van der Waals surface area contributed by atoms with Gasteiger partial charge in [0.2, 0.25) is 0 Å². The highest BCUT2D eigenvalue weighted by atomic mass is 16.5. The maximum Gasteiger partial charge on any atom is 0.178 e. The van der Waals surface area contributed by atoms with Gasteiger partial charge in [-0.1, -0.05) is 103 Å². The summed E-state index contributed by atoms with van der Waals surface area (Å²) in [5.41, 5.74) is 5.72. The van der Waals surface area contributed by atoms with Crippen LogP contribution in [0.5, 0.6) is 11.5 Å². The van der Waals surface area contributed by atoms with Gasteiger partial charge in [0, 0.05) is 46.4 Å². The van der Waals surface area contributed by atoms with Gasteiger partial charge in [-0.15, -0.1) is 0 Å². The number of rotatable bonds is 5. The molecule has 0 aromatic heterocycles. The van der Waals surface area contributed by atoms with Crippen LogP contribution >= 0.6 is 0 Å². The van der Waals surface area contributed by atoms with Gasteiger partial charge >= 0.3 is 0 Å². The molecule has 0 bridgehead atoms. The molecule has 0 radical (unpaired) electrons. The predicted octanol–water partition coefficient (Wildman–Crippen LogP) is 10.0. The van der Waals surface area contributed by atoms with Gasteiger partial charge in [0.15, 0.2) is 5.60 Å². The molecule has 1 fully saturated rings. The Kier molecular flexibility index (Phi) is 6.91. The minimum absolute atomic E-state index is 0.750. The van der Waals surface area contributed by atoms with Crippen molar-refractivity contribution in [1.82, 2.24) is 0 Å². The molecule has 1 atom stereocenters. The summed E-state index contributed by atoms with van der Waals surface area (Å²) in [6.45, 7) is 3.28. The van der Waals surface area contributed by atoms with Crippen LogP contribution in [-0.2, 0) is 10.3 Å². The van der Waals surface area contributed by atoms with Crippen LogP contribution in [0, 0.1) is 0 Å². The van der Waals surface area contributed by atoms with E-state index in [4.69, 9.17) is 14.2 Å². The van der Waals surface area contributed by atoms with Crippen molar-refractivity contribution in [2.75, 3.05) is 38.3 Å². The normalized spacial score (nSPS) is 17.4. The first-order valence-electron chi connectivity index (χ1n) is 16.7. The Morgan fingerprint density at radius 2 is 1.21 bits per heavy atom. The summed E-state index contributed by atoms with van der Waals surface area (Å²) in [6, 6.07) is 47.6. The van der Waals surface area contributed by atoms with Crippen LogP contribution in [0.2, 0.25) is 0 Å². The minimum atomic E-state index is -0.868. The van der Waals surface area contributed by atoms with E-state index in [2.05, 4.69) is 138 Å². The number of ether oxygens (including phenoxy) is 3. The zero-order valence-electron chi connectivity index (χ0n) is 26.9. The highest BCUT2D eigenvalue weighted by molar-refractivity contribution is 6.28. The highest BCUT2D eigenvalue weighted by Crippen LogP contribution is 2.51. The lowest BCUT2D eigenvalue weighted by atomic mass is 9.81. The molecule has 234 valence electrons. The van der Waals surface area contributed by atoms with E-state index in [1.165, 1.54) is 38.0 Å². The Balaban J connectivity index is 1.32. The summed E-state index contributed by atoms with van der Waals surface area (Å²) in [6.07, 6.45) is 4.55. The van der Waals surface area contributed by atoms with E-state index in [0.717, 1.165) is 65.6 Å². The van der Waals surface area contributed by atoms with E-state index in [1.54, 1.807) is 7.11 Å². The molecule has 2 heterocycles. The Morgan fingerprint density at radius 3 is 1.88 bits per heavy atom. The topological polar surface area (TPSA) is 30.9 Å². The molecule has 0 saturated carbocycles. The average Bonchev–Trinajstić information content (AvgIpc) is 3.18. The molecule has 4 nitrogen and oxygen atoms in total. The monoisotopic (exact) mass is 625 g/mol. The van der Waals surface area contributed by atoms with Crippen LogP contribution in [0.4, 0.5) is 5.69 Å². The SMILES string of the molecule is COc1ccc(C2(c3ccc(N4CCOCC4)cc3)C=Cc3c(c(-c4ccccc4)cc4c5ccccc5c5ccccc5c34)O2)cc1. The fourth-order valence-corrected chi connectivity index (χ4v) is 7.63. The zero-order chi connectivity index (χ0) is 32.1. The number of methoxy groups -OCH3 is 1. The van der Waals surface area contributed by atoms with E-state index in [0.29, 0.717) is 0 Å². The molecule has 1 unspecified atom stereocenters. The fourth-order valence-electron chi connectivity index (χ4n) is 7.63. The number of morpholine rings is 1. The summed E-state index contributed by atoms with van der Waals surface area (Å²) < 4.78 is 18.7. The highest BCUT2D eigenvalue weighted by Gasteiger charge is 2.39. The van der Waals surface area contributed by atoms with Gasteiger partial charge in [-0.25, -0.2) is 0 Å². The van der Waals surface area contributed by atoms with Crippen molar-refractivity contribution in [3.05, 3.63) is 156 Å². The molecule has 1 saturated heterocycles. The van der Waals surface area contributed by atoms with E-state index in [-0.39, 0.29) is 0 Å². The Labute approximate surface area is 280 Å². The second-order valence-corrected chi connectivity index (χ2v) is 12.6. The molecular formula is C44H35NO3. The summed E-state index contributed by atoms with van der Waals surface area (Å²) in [7, 11) is 1.70. The number of hydrogen-bond acceptors (Lipinski definition) is 4. The molecule has 2 aliphatic rings. The lowest BCUT2D eigenvalue weighted by Crippen LogP contribution is -2.37. The maximum absolute atomic E-state index is 7.54. The van der Waals surface area contributed by atoms with Crippen molar-refractivity contribution in [3.63, 3.8) is 0 Å². The summed E-state index contributed by atoms with van der Waals surface area (Å²) >= 11 is 0. The predicted molar refractivity (Wildman–Crippen MR) is 197 cm³/mol. The number of anilines is 1. The van der Waals surface area contributed by atoms with Crippen molar-refractivity contribution < 1.29 is 14.2 Å². The third-order valence-electron chi connectivity index (χ3n) is 10.0. The second-order valence-electron chi connectivity index (χ2n) is 12.6. The Morgan fingerprint density at radius 1 is 0.625 bits per heavy atom. The van der Waals surface area contributed by atoms with Gasteiger partial charge in [-0.05, 0) is 75.0 Å². The molecule has 2 aliphatic heterocycles. The molecule has 4 heteroatoms. The molecule has 0 aliphatic carbocycles. The maximum atomic E-state index is 7.54. The van der Waals surface area contributed by atoms with E-state index >= 15 is 0 Å². The van der Waals surface area contributed by atoms with Gasteiger partial charge in [0.1, 0.15) is 11.5 Å². The van der Waals surface area contributed by atoms with Gasteiger partial charge in [-0.2, -0.15) is 0 Å². The van der Waals surface area contributed by atoms with Crippen LogP contribution in [-0.4, -0.2) is 33.4 Å². The van der Waals surface area contributed by atoms with Crippen molar-refractivity contribution in [2.24, 2.45) is 0 Å². The van der Waals surface area contributed by atoms with Crippen molar-refractivity contribution in [1.29, 1.82) is 0 Å². The molecular weight excluding hydrogens is 590 g/mol. The van der Waals surface area contributed by atoms with Crippen LogP contribution in [0.3, 0.4) is 0 Å². The van der Waals surface area contributed by atoms with Crippen LogP contribution in [0.25, 0.3) is 49.5 Å².